The van der Waals surface area contributed by atoms with Crippen LogP contribution in [0.5, 0.6) is 5.75 Å². The molecule has 112 valence electrons. The van der Waals surface area contributed by atoms with Gasteiger partial charge < -0.3 is 15.2 Å². The van der Waals surface area contributed by atoms with Crippen LogP contribution in [0.3, 0.4) is 0 Å². The Morgan fingerprint density at radius 2 is 2.10 bits per heavy atom. The van der Waals surface area contributed by atoms with E-state index in [4.69, 9.17) is 4.74 Å². The molecule has 3 heteroatoms. The number of hydrogen-bond donors (Lipinski definition) is 2. The number of aryl methyl sites for hydroxylation is 1. The van der Waals surface area contributed by atoms with E-state index in [0.717, 1.165) is 18.6 Å². The molecule has 0 heterocycles. The van der Waals surface area contributed by atoms with Gasteiger partial charge in [-0.25, -0.2) is 0 Å². The van der Waals surface area contributed by atoms with Crippen molar-refractivity contribution in [3.05, 3.63) is 29.3 Å². The highest BCUT2D eigenvalue weighted by molar-refractivity contribution is 5.38. The molecule has 0 spiro atoms. The Bertz CT molecular complexity index is 443. The average Bonchev–Trinajstić information content (AvgIpc) is 3.23. The molecule has 1 fully saturated rings. The Morgan fingerprint density at radius 3 is 2.75 bits per heavy atom. The third-order valence-electron chi connectivity index (χ3n) is 4.16. The van der Waals surface area contributed by atoms with Crippen LogP contribution < -0.4 is 10.1 Å². The number of hydrogen-bond acceptors (Lipinski definition) is 3. The summed E-state index contributed by atoms with van der Waals surface area (Å²) in [5, 5.41) is 13.1. The monoisotopic (exact) mass is 277 g/mol. The van der Waals surface area contributed by atoms with Crippen molar-refractivity contribution in [3.63, 3.8) is 0 Å². The lowest BCUT2D eigenvalue weighted by Crippen LogP contribution is -2.47. The molecule has 0 bridgehead atoms. The molecular formula is C17H27NO2. The summed E-state index contributed by atoms with van der Waals surface area (Å²) in [6, 6.07) is 6.78. The van der Waals surface area contributed by atoms with Crippen molar-refractivity contribution in [3.8, 4) is 5.75 Å². The molecule has 2 N–H and O–H groups in total. The molecule has 0 saturated heterocycles. The molecule has 2 rings (SSSR count). The van der Waals surface area contributed by atoms with Crippen LogP contribution in [0.4, 0.5) is 0 Å². The van der Waals surface area contributed by atoms with E-state index < -0.39 is 0 Å². The summed E-state index contributed by atoms with van der Waals surface area (Å²) >= 11 is 0. The Labute approximate surface area is 122 Å². The first kappa shape index (κ1) is 15.3. The summed E-state index contributed by atoms with van der Waals surface area (Å²) in [6.07, 6.45) is 4.37. The van der Waals surface area contributed by atoms with Gasteiger partial charge >= 0.3 is 0 Å². The summed E-state index contributed by atoms with van der Waals surface area (Å²) < 4.78 is 5.87. The summed E-state index contributed by atoms with van der Waals surface area (Å²) in [5.41, 5.74) is 2.32. The average molecular weight is 277 g/mol. The van der Waals surface area contributed by atoms with Crippen LogP contribution in [0.25, 0.3) is 0 Å². The van der Waals surface area contributed by atoms with Crippen LogP contribution in [0.2, 0.25) is 0 Å². The maximum atomic E-state index is 9.56. The second-order valence-electron chi connectivity index (χ2n) is 6.29. The van der Waals surface area contributed by atoms with Gasteiger partial charge in [0.2, 0.25) is 0 Å². The molecule has 3 nitrogen and oxygen atoms in total. The summed E-state index contributed by atoms with van der Waals surface area (Å²) in [4.78, 5) is 0. The minimum Gasteiger partial charge on any atom is -0.493 e. The second-order valence-corrected chi connectivity index (χ2v) is 6.29. The minimum absolute atomic E-state index is 0.161. The van der Waals surface area contributed by atoms with Gasteiger partial charge in [-0.1, -0.05) is 12.1 Å². The lowest BCUT2D eigenvalue weighted by atomic mass is 9.97. The Kier molecular flexibility index (Phi) is 5.06. The largest absolute Gasteiger partial charge is 0.493 e. The van der Waals surface area contributed by atoms with Gasteiger partial charge in [0.15, 0.2) is 0 Å². The van der Waals surface area contributed by atoms with Crippen LogP contribution in [-0.2, 0) is 0 Å². The Hall–Kier alpha value is -1.06. The Morgan fingerprint density at radius 1 is 1.35 bits per heavy atom. The van der Waals surface area contributed by atoms with Gasteiger partial charge in [0.1, 0.15) is 5.75 Å². The maximum Gasteiger partial charge on any atom is 0.122 e. The van der Waals surface area contributed by atoms with E-state index in [9.17, 15) is 5.11 Å². The van der Waals surface area contributed by atoms with Crippen LogP contribution in [0, 0.1) is 13.8 Å². The zero-order valence-corrected chi connectivity index (χ0v) is 12.9. The van der Waals surface area contributed by atoms with Crippen molar-refractivity contribution < 1.29 is 9.84 Å². The fourth-order valence-electron chi connectivity index (χ4n) is 2.44. The van der Waals surface area contributed by atoms with Crippen molar-refractivity contribution in [1.82, 2.24) is 5.32 Å². The zero-order valence-electron chi connectivity index (χ0n) is 12.9. The molecule has 1 aromatic rings. The summed E-state index contributed by atoms with van der Waals surface area (Å²) in [6.45, 7) is 7.18. The van der Waals surface area contributed by atoms with Crippen molar-refractivity contribution in [1.29, 1.82) is 0 Å². The lowest BCUT2D eigenvalue weighted by molar-refractivity contribution is 0.154. The van der Waals surface area contributed by atoms with Gasteiger partial charge in [-0.15, -0.1) is 0 Å². The van der Waals surface area contributed by atoms with E-state index in [1.165, 1.54) is 24.0 Å². The Balaban J connectivity index is 1.76. The standard InChI is InChI=1S/C17H27NO2/c1-13-6-4-7-16(14(13)2)20-11-5-10-17(3,12-19)18-15-8-9-15/h4,6-7,15,18-19H,5,8-12H2,1-3H3. The molecule has 1 atom stereocenters. The van der Waals surface area contributed by atoms with Gasteiger partial charge in [0.05, 0.1) is 13.2 Å². The van der Waals surface area contributed by atoms with Gasteiger partial charge in [-0.2, -0.15) is 0 Å². The quantitative estimate of drug-likeness (QED) is 0.718. The van der Waals surface area contributed by atoms with E-state index in [-0.39, 0.29) is 12.1 Å². The zero-order chi connectivity index (χ0) is 14.6. The van der Waals surface area contributed by atoms with Crippen molar-refractivity contribution in [2.24, 2.45) is 0 Å². The van der Waals surface area contributed by atoms with Crippen molar-refractivity contribution in [2.75, 3.05) is 13.2 Å². The van der Waals surface area contributed by atoms with Gasteiger partial charge in [-0.3, -0.25) is 0 Å². The molecule has 0 radical (unpaired) electrons. The third kappa shape index (κ3) is 4.22. The van der Waals surface area contributed by atoms with Gasteiger partial charge in [-0.05, 0) is 63.6 Å². The lowest BCUT2D eigenvalue weighted by Gasteiger charge is -2.29. The van der Waals surface area contributed by atoms with Gasteiger partial charge in [0.25, 0.3) is 0 Å². The first-order valence-corrected chi connectivity index (χ1v) is 7.62. The molecule has 1 unspecified atom stereocenters. The molecule has 1 saturated carbocycles. The van der Waals surface area contributed by atoms with Gasteiger partial charge in [0, 0.05) is 11.6 Å². The first-order chi connectivity index (χ1) is 9.54. The van der Waals surface area contributed by atoms with E-state index >= 15 is 0 Å². The fraction of sp³-hybridized carbons (Fsp3) is 0.647. The maximum absolute atomic E-state index is 9.56. The normalized spacial score (nSPS) is 17.8. The topological polar surface area (TPSA) is 41.5 Å². The number of aliphatic hydroxyl groups is 1. The van der Waals surface area contributed by atoms with Crippen LogP contribution >= 0.6 is 0 Å². The smallest absolute Gasteiger partial charge is 0.122 e. The molecule has 20 heavy (non-hydrogen) atoms. The number of rotatable bonds is 8. The molecular weight excluding hydrogens is 250 g/mol. The van der Waals surface area contributed by atoms with E-state index in [0.29, 0.717) is 12.6 Å². The number of benzene rings is 1. The summed E-state index contributed by atoms with van der Waals surface area (Å²) in [7, 11) is 0. The molecule has 0 aromatic heterocycles. The number of aliphatic hydroxyl groups excluding tert-OH is 1. The van der Waals surface area contributed by atoms with E-state index in [1.807, 2.05) is 12.1 Å². The predicted octanol–water partition coefficient (Wildman–Crippen LogP) is 2.97. The summed E-state index contributed by atoms with van der Waals surface area (Å²) in [5.74, 6) is 0.978. The second kappa shape index (κ2) is 6.59. The fourth-order valence-corrected chi connectivity index (χ4v) is 2.44. The van der Waals surface area contributed by atoms with Crippen LogP contribution in [0.1, 0.15) is 43.7 Å². The molecule has 1 aromatic carbocycles. The highest BCUT2D eigenvalue weighted by Gasteiger charge is 2.31. The van der Waals surface area contributed by atoms with E-state index in [1.54, 1.807) is 0 Å². The molecule has 0 aliphatic heterocycles. The molecule has 0 amide bonds. The van der Waals surface area contributed by atoms with Crippen LogP contribution in [0.15, 0.2) is 18.2 Å². The SMILES string of the molecule is Cc1cccc(OCCCC(C)(CO)NC2CC2)c1C. The van der Waals surface area contributed by atoms with E-state index in [2.05, 4.69) is 32.2 Å². The van der Waals surface area contributed by atoms with Crippen molar-refractivity contribution >= 4 is 0 Å². The minimum atomic E-state index is -0.161. The first-order valence-electron chi connectivity index (χ1n) is 7.62. The highest BCUT2D eigenvalue weighted by atomic mass is 16.5. The van der Waals surface area contributed by atoms with Crippen LogP contribution in [-0.4, -0.2) is 29.9 Å². The number of nitrogens with one attached hydrogen (secondary N) is 1. The number of ether oxygens (including phenoxy) is 1. The molecule has 1 aliphatic rings. The predicted molar refractivity (Wildman–Crippen MR) is 82.3 cm³/mol. The molecule has 1 aliphatic carbocycles. The highest BCUT2D eigenvalue weighted by Crippen LogP contribution is 2.25. The van der Waals surface area contributed by atoms with Crippen molar-refractivity contribution in [2.45, 2.75) is 58.0 Å². The third-order valence-corrected chi connectivity index (χ3v) is 4.16.